The minimum absolute atomic E-state index is 0.0759. The van der Waals surface area contributed by atoms with Gasteiger partial charge < -0.3 is 9.80 Å². The third-order valence-corrected chi connectivity index (χ3v) is 6.00. The first-order valence-electron chi connectivity index (χ1n) is 10.6. The van der Waals surface area contributed by atoms with Crippen molar-refractivity contribution in [3.63, 3.8) is 0 Å². The summed E-state index contributed by atoms with van der Waals surface area (Å²) in [6.07, 6.45) is 3.86. The number of amides is 1. The highest BCUT2D eigenvalue weighted by Crippen LogP contribution is 2.26. The van der Waals surface area contributed by atoms with Crippen molar-refractivity contribution in [2.45, 2.75) is 39.7 Å². The number of benzene rings is 1. The van der Waals surface area contributed by atoms with E-state index in [1.54, 1.807) is 4.90 Å². The third-order valence-electron chi connectivity index (χ3n) is 6.00. The minimum Gasteiger partial charge on any atom is -0.372 e. The Kier molecular flexibility index (Phi) is 5.61. The van der Waals surface area contributed by atoms with E-state index in [0.717, 1.165) is 41.3 Å². The van der Waals surface area contributed by atoms with Crippen LogP contribution in [0.2, 0.25) is 0 Å². The highest BCUT2D eigenvalue weighted by atomic mass is 16.2. The molecule has 4 rings (SSSR count). The van der Waals surface area contributed by atoms with E-state index in [4.69, 9.17) is 0 Å². The first-order chi connectivity index (χ1) is 14.4. The topological polar surface area (TPSA) is 70.1 Å². The first kappa shape index (κ1) is 20.2. The summed E-state index contributed by atoms with van der Waals surface area (Å²) in [6, 6.07) is 10.4. The molecule has 1 amide bonds. The Hall–Kier alpha value is -3.09. The van der Waals surface area contributed by atoms with E-state index >= 15 is 0 Å². The van der Waals surface area contributed by atoms with Crippen LogP contribution in [0.3, 0.4) is 0 Å². The lowest BCUT2D eigenvalue weighted by Gasteiger charge is -2.29. The fourth-order valence-corrected chi connectivity index (χ4v) is 4.22. The summed E-state index contributed by atoms with van der Waals surface area (Å²) in [4.78, 5) is 17.1. The largest absolute Gasteiger partial charge is 0.372 e. The average molecular weight is 407 g/mol. The maximum absolute atomic E-state index is 12.9. The van der Waals surface area contributed by atoms with Crippen molar-refractivity contribution in [1.29, 1.82) is 0 Å². The maximum atomic E-state index is 12.9. The number of aryl methyl sites for hydroxylation is 2. The summed E-state index contributed by atoms with van der Waals surface area (Å²) in [6.45, 7) is 6.79. The number of rotatable bonds is 5. The second-order valence-corrected chi connectivity index (χ2v) is 8.21. The van der Waals surface area contributed by atoms with E-state index in [9.17, 15) is 4.79 Å². The van der Waals surface area contributed by atoms with E-state index in [-0.39, 0.29) is 5.91 Å². The zero-order valence-corrected chi connectivity index (χ0v) is 18.3. The SMILES string of the molecule is Cc1nn(C)c(C)c1-c1cc(C(=O)N(C)Cc2ccc(N3CCCCC3)cc2)[nH]n1. The molecule has 158 valence electrons. The number of piperidine rings is 1. The molecule has 30 heavy (non-hydrogen) atoms. The summed E-state index contributed by atoms with van der Waals surface area (Å²) in [5.74, 6) is -0.0759. The van der Waals surface area contributed by atoms with Crippen molar-refractivity contribution in [3.8, 4) is 11.3 Å². The van der Waals surface area contributed by atoms with Crippen LogP contribution in [0.25, 0.3) is 11.3 Å². The molecular weight excluding hydrogens is 376 g/mol. The number of anilines is 1. The predicted molar refractivity (Wildman–Crippen MR) is 119 cm³/mol. The van der Waals surface area contributed by atoms with Crippen molar-refractivity contribution in [2.24, 2.45) is 7.05 Å². The van der Waals surface area contributed by atoms with Crippen LogP contribution in [0.4, 0.5) is 5.69 Å². The van der Waals surface area contributed by atoms with Crippen LogP contribution in [-0.2, 0) is 13.6 Å². The van der Waals surface area contributed by atoms with Crippen LogP contribution >= 0.6 is 0 Å². The van der Waals surface area contributed by atoms with Gasteiger partial charge in [0.2, 0.25) is 0 Å². The van der Waals surface area contributed by atoms with E-state index in [1.807, 2.05) is 38.7 Å². The van der Waals surface area contributed by atoms with Gasteiger partial charge in [-0.3, -0.25) is 14.6 Å². The minimum atomic E-state index is -0.0759. The number of hydrogen-bond acceptors (Lipinski definition) is 4. The van der Waals surface area contributed by atoms with Crippen molar-refractivity contribution in [2.75, 3.05) is 25.0 Å². The highest BCUT2D eigenvalue weighted by molar-refractivity contribution is 5.93. The van der Waals surface area contributed by atoms with Crippen molar-refractivity contribution >= 4 is 11.6 Å². The molecule has 0 unspecified atom stereocenters. The molecule has 0 bridgehead atoms. The number of aromatic amines is 1. The summed E-state index contributed by atoms with van der Waals surface area (Å²) in [5.41, 5.74) is 6.53. The lowest BCUT2D eigenvalue weighted by atomic mass is 10.1. The monoisotopic (exact) mass is 406 g/mol. The summed E-state index contributed by atoms with van der Waals surface area (Å²) < 4.78 is 1.83. The summed E-state index contributed by atoms with van der Waals surface area (Å²) in [7, 11) is 3.73. The molecule has 0 atom stereocenters. The molecule has 1 N–H and O–H groups in total. The lowest BCUT2D eigenvalue weighted by molar-refractivity contribution is 0.0779. The summed E-state index contributed by atoms with van der Waals surface area (Å²) >= 11 is 0. The molecule has 1 aliphatic heterocycles. The van der Waals surface area contributed by atoms with E-state index in [1.165, 1.54) is 24.9 Å². The second-order valence-electron chi connectivity index (χ2n) is 8.21. The fourth-order valence-electron chi connectivity index (χ4n) is 4.22. The van der Waals surface area contributed by atoms with Crippen molar-refractivity contribution < 1.29 is 4.79 Å². The van der Waals surface area contributed by atoms with Gasteiger partial charge in [-0.25, -0.2) is 0 Å². The third kappa shape index (κ3) is 3.97. The molecule has 0 aliphatic carbocycles. The van der Waals surface area contributed by atoms with Gasteiger partial charge in [0.1, 0.15) is 5.69 Å². The van der Waals surface area contributed by atoms with E-state index in [0.29, 0.717) is 12.2 Å². The van der Waals surface area contributed by atoms with Gasteiger partial charge in [0, 0.05) is 50.7 Å². The normalized spacial score (nSPS) is 14.2. The molecule has 0 spiro atoms. The molecule has 1 aliphatic rings. The maximum Gasteiger partial charge on any atom is 0.271 e. The van der Waals surface area contributed by atoms with E-state index in [2.05, 4.69) is 44.5 Å². The number of carbonyl (C=O) groups is 1. The van der Waals surface area contributed by atoms with Crippen molar-refractivity contribution in [3.05, 3.63) is 53.0 Å². The van der Waals surface area contributed by atoms with Crippen LogP contribution in [-0.4, -0.2) is 50.9 Å². The Morgan fingerprint density at radius 2 is 1.83 bits per heavy atom. The average Bonchev–Trinajstić information content (AvgIpc) is 3.32. The summed E-state index contributed by atoms with van der Waals surface area (Å²) in [5, 5.41) is 11.7. The van der Waals surface area contributed by atoms with E-state index < -0.39 is 0 Å². The van der Waals surface area contributed by atoms with Crippen LogP contribution in [0, 0.1) is 13.8 Å². The quantitative estimate of drug-likeness (QED) is 0.702. The molecule has 3 aromatic rings. The molecule has 7 heteroatoms. The number of nitrogens with one attached hydrogen (secondary N) is 1. The number of aromatic nitrogens is 4. The van der Waals surface area contributed by atoms with Gasteiger partial charge in [-0.2, -0.15) is 10.2 Å². The van der Waals surface area contributed by atoms with Gasteiger partial charge in [-0.1, -0.05) is 12.1 Å². The van der Waals surface area contributed by atoms with Crippen molar-refractivity contribution in [1.82, 2.24) is 24.9 Å². The Labute approximate surface area is 177 Å². The van der Waals surface area contributed by atoms with Gasteiger partial charge in [-0.15, -0.1) is 0 Å². The number of nitrogens with zero attached hydrogens (tertiary/aromatic N) is 5. The number of H-pyrrole nitrogens is 1. The van der Waals surface area contributed by atoms with Gasteiger partial charge in [-0.05, 0) is 56.9 Å². The molecule has 3 heterocycles. The molecule has 1 saturated heterocycles. The Balaban J connectivity index is 1.43. The van der Waals surface area contributed by atoms with Crippen LogP contribution in [0.1, 0.15) is 46.7 Å². The molecular formula is C23H30N6O. The standard InChI is InChI=1S/C23H30N6O/c1-16-22(17(2)28(4)26-16)20-14-21(25-24-20)23(30)27(3)15-18-8-10-19(11-9-18)29-12-6-5-7-13-29/h8-11,14H,5-7,12-13,15H2,1-4H3,(H,24,25). The number of carbonyl (C=O) groups excluding carboxylic acids is 1. The van der Waals surface area contributed by atoms with Gasteiger partial charge in [0.05, 0.1) is 11.4 Å². The lowest BCUT2D eigenvalue weighted by Crippen LogP contribution is -2.29. The smallest absolute Gasteiger partial charge is 0.271 e. The molecule has 7 nitrogen and oxygen atoms in total. The van der Waals surface area contributed by atoms with Gasteiger partial charge >= 0.3 is 0 Å². The zero-order valence-electron chi connectivity index (χ0n) is 18.3. The molecule has 0 radical (unpaired) electrons. The Morgan fingerprint density at radius 1 is 1.13 bits per heavy atom. The van der Waals surface area contributed by atoms with Crippen LogP contribution < -0.4 is 4.90 Å². The van der Waals surface area contributed by atoms with Crippen LogP contribution in [0.5, 0.6) is 0 Å². The Bertz CT molecular complexity index is 1030. The van der Waals surface area contributed by atoms with Gasteiger partial charge in [0.15, 0.2) is 0 Å². The predicted octanol–water partition coefficient (Wildman–Crippen LogP) is 3.69. The molecule has 2 aromatic heterocycles. The molecule has 1 fully saturated rings. The Morgan fingerprint density at radius 3 is 2.47 bits per heavy atom. The van der Waals surface area contributed by atoms with Gasteiger partial charge in [0.25, 0.3) is 5.91 Å². The fraction of sp³-hybridized carbons (Fsp3) is 0.435. The molecule has 0 saturated carbocycles. The number of hydrogen-bond donors (Lipinski definition) is 1. The second kappa shape index (κ2) is 8.34. The molecule has 1 aromatic carbocycles. The highest BCUT2D eigenvalue weighted by Gasteiger charge is 2.19. The zero-order chi connectivity index (χ0) is 21.3. The van der Waals surface area contributed by atoms with Crippen LogP contribution in [0.15, 0.2) is 30.3 Å². The first-order valence-corrected chi connectivity index (χ1v) is 10.6.